The van der Waals surface area contributed by atoms with Gasteiger partial charge in [0, 0.05) is 38.5 Å². The van der Waals surface area contributed by atoms with Crippen LogP contribution in [0, 0.1) is 10.1 Å². The van der Waals surface area contributed by atoms with Gasteiger partial charge in [-0.1, -0.05) is 18.2 Å². The Morgan fingerprint density at radius 3 is 2.58 bits per heavy atom. The third-order valence-electron chi connectivity index (χ3n) is 5.35. The van der Waals surface area contributed by atoms with E-state index in [0.717, 1.165) is 0 Å². The van der Waals surface area contributed by atoms with Crippen molar-refractivity contribution in [3.63, 3.8) is 0 Å². The molecule has 0 radical (unpaired) electrons. The van der Waals surface area contributed by atoms with Crippen LogP contribution >= 0.6 is 0 Å². The Bertz CT molecular complexity index is 1210. The minimum Gasteiger partial charge on any atom is -0.383 e. The average Bonchev–Trinajstić information content (AvgIpc) is 2.83. The predicted molar refractivity (Wildman–Crippen MR) is 122 cm³/mol. The lowest BCUT2D eigenvalue weighted by molar-refractivity contribution is -0.384. The van der Waals surface area contributed by atoms with Crippen molar-refractivity contribution in [3.8, 4) is 0 Å². The molecule has 0 aliphatic carbocycles. The quantitative estimate of drug-likeness (QED) is 0.341. The minimum atomic E-state index is -0.624. The van der Waals surface area contributed by atoms with Gasteiger partial charge >= 0.3 is 0 Å². The summed E-state index contributed by atoms with van der Waals surface area (Å²) in [5.41, 5.74) is 0.279. The molecule has 174 valence electrons. The third kappa shape index (κ3) is 5.24. The molecule has 0 saturated heterocycles. The lowest BCUT2D eigenvalue weighted by atomic mass is 10.1. The molecule has 1 aromatic heterocycles. The summed E-state index contributed by atoms with van der Waals surface area (Å²) in [6.07, 6.45) is 0. The number of rotatable bonds is 10. The summed E-state index contributed by atoms with van der Waals surface area (Å²) >= 11 is 0. The highest BCUT2D eigenvalue weighted by Gasteiger charge is 2.27. The first kappa shape index (κ1) is 24.0. The summed E-state index contributed by atoms with van der Waals surface area (Å²) < 4.78 is 11.9. The van der Waals surface area contributed by atoms with Gasteiger partial charge < -0.3 is 14.4 Å². The normalized spacial score (nSPS) is 12.0. The molecule has 3 aromatic rings. The van der Waals surface area contributed by atoms with E-state index in [4.69, 9.17) is 14.5 Å². The molecular weight excluding hydrogens is 428 g/mol. The lowest BCUT2D eigenvalue weighted by Crippen LogP contribution is -2.40. The van der Waals surface area contributed by atoms with Gasteiger partial charge in [0.15, 0.2) is 0 Å². The summed E-state index contributed by atoms with van der Waals surface area (Å²) in [7, 11) is 3.06. The van der Waals surface area contributed by atoms with E-state index in [-0.39, 0.29) is 43.1 Å². The Labute approximate surface area is 190 Å². The number of nitro groups is 1. The van der Waals surface area contributed by atoms with E-state index in [9.17, 15) is 19.7 Å². The van der Waals surface area contributed by atoms with E-state index in [1.165, 1.54) is 40.8 Å². The van der Waals surface area contributed by atoms with E-state index < -0.39 is 16.9 Å². The number of non-ortho nitro benzene ring substituents is 1. The fraction of sp³-hybridized carbons (Fsp3) is 0.348. The second-order valence-electron chi connectivity index (χ2n) is 7.41. The van der Waals surface area contributed by atoms with Crippen LogP contribution in [0.4, 0.5) is 5.69 Å². The summed E-state index contributed by atoms with van der Waals surface area (Å²) in [4.78, 5) is 43.5. The van der Waals surface area contributed by atoms with Gasteiger partial charge in [-0.05, 0) is 25.1 Å². The summed E-state index contributed by atoms with van der Waals surface area (Å²) in [5.74, 6) is -0.0328. The number of ether oxygens (including phenoxy) is 2. The van der Waals surface area contributed by atoms with Crippen molar-refractivity contribution in [2.75, 3.05) is 34.0 Å². The molecule has 10 nitrogen and oxygen atoms in total. The Hall–Kier alpha value is -3.63. The topological polar surface area (TPSA) is 117 Å². The number of benzene rings is 2. The van der Waals surface area contributed by atoms with E-state index in [2.05, 4.69) is 0 Å². The number of aromatic nitrogens is 2. The zero-order valence-electron chi connectivity index (χ0n) is 18.8. The Kier molecular flexibility index (Phi) is 7.86. The van der Waals surface area contributed by atoms with Crippen LogP contribution in [-0.2, 0) is 16.0 Å². The monoisotopic (exact) mass is 454 g/mol. The van der Waals surface area contributed by atoms with Gasteiger partial charge in [-0.3, -0.25) is 24.3 Å². The minimum absolute atomic E-state index is 0.165. The van der Waals surface area contributed by atoms with E-state index in [1.807, 2.05) is 0 Å². The van der Waals surface area contributed by atoms with Gasteiger partial charge in [-0.15, -0.1) is 0 Å². The number of hydrogen-bond acceptors (Lipinski definition) is 7. The average molecular weight is 454 g/mol. The number of carbonyl (C=O) groups excluding carboxylic acids is 1. The predicted octanol–water partition coefficient (Wildman–Crippen LogP) is 2.80. The van der Waals surface area contributed by atoms with Gasteiger partial charge in [0.1, 0.15) is 5.82 Å². The van der Waals surface area contributed by atoms with Crippen LogP contribution < -0.4 is 5.56 Å². The zero-order chi connectivity index (χ0) is 24.0. The molecule has 0 aliphatic rings. The Balaban J connectivity index is 2.10. The molecule has 0 saturated carbocycles. The maximum Gasteiger partial charge on any atom is 0.270 e. The lowest BCUT2D eigenvalue weighted by Gasteiger charge is -2.30. The number of hydrogen-bond donors (Lipinski definition) is 0. The molecule has 33 heavy (non-hydrogen) atoms. The second-order valence-corrected chi connectivity index (χ2v) is 7.41. The number of nitro benzene ring substituents is 1. The highest BCUT2D eigenvalue weighted by atomic mass is 16.6. The van der Waals surface area contributed by atoms with Crippen LogP contribution in [0.1, 0.15) is 29.1 Å². The first-order chi connectivity index (χ1) is 15.9. The smallest absolute Gasteiger partial charge is 0.270 e. The molecule has 0 fully saturated rings. The molecule has 0 spiro atoms. The van der Waals surface area contributed by atoms with Gasteiger partial charge in [0.05, 0.1) is 41.6 Å². The van der Waals surface area contributed by atoms with Crippen LogP contribution in [0.2, 0.25) is 0 Å². The summed E-state index contributed by atoms with van der Waals surface area (Å²) in [6, 6.07) is 11.9. The van der Waals surface area contributed by atoms with Crippen LogP contribution in [0.25, 0.3) is 10.9 Å². The van der Waals surface area contributed by atoms with Crippen molar-refractivity contribution in [3.05, 3.63) is 80.4 Å². The van der Waals surface area contributed by atoms with Gasteiger partial charge in [-0.25, -0.2) is 4.98 Å². The molecule has 3 rings (SSSR count). The van der Waals surface area contributed by atoms with Crippen LogP contribution in [0.5, 0.6) is 0 Å². The molecule has 0 N–H and O–H groups in total. The number of fused-ring (bicyclic) bond motifs is 1. The number of nitrogens with zero attached hydrogens (tertiary/aromatic N) is 4. The number of methoxy groups -OCH3 is 2. The Morgan fingerprint density at radius 1 is 1.15 bits per heavy atom. The highest BCUT2D eigenvalue weighted by Crippen LogP contribution is 2.23. The second kappa shape index (κ2) is 10.8. The molecule has 2 aromatic carbocycles. The fourth-order valence-corrected chi connectivity index (χ4v) is 3.62. The first-order valence-corrected chi connectivity index (χ1v) is 10.4. The molecule has 10 heteroatoms. The standard InChI is InChI=1S/C23H26N4O6/c1-16(21-24-20-10-5-4-9-19(20)23(29)26(21)12-14-33-3)25(11-13-32-2)22(28)17-7-6-8-18(15-17)27(30)31/h4-10,15-16H,11-14H2,1-3H3. The summed E-state index contributed by atoms with van der Waals surface area (Å²) in [6.45, 7) is 2.75. The largest absolute Gasteiger partial charge is 0.383 e. The Morgan fingerprint density at radius 2 is 1.88 bits per heavy atom. The third-order valence-corrected chi connectivity index (χ3v) is 5.35. The first-order valence-electron chi connectivity index (χ1n) is 10.4. The molecule has 1 amide bonds. The van der Waals surface area contributed by atoms with Gasteiger partial charge in [0.25, 0.3) is 17.2 Å². The van der Waals surface area contributed by atoms with Crippen molar-refractivity contribution in [2.45, 2.75) is 19.5 Å². The van der Waals surface area contributed by atoms with Crippen molar-refractivity contribution < 1.29 is 19.2 Å². The zero-order valence-corrected chi connectivity index (χ0v) is 18.8. The number of carbonyl (C=O) groups is 1. The number of amides is 1. The highest BCUT2D eigenvalue weighted by molar-refractivity contribution is 5.95. The van der Waals surface area contributed by atoms with Crippen LogP contribution in [-0.4, -0.2) is 59.3 Å². The molecular formula is C23H26N4O6. The van der Waals surface area contributed by atoms with E-state index in [1.54, 1.807) is 38.3 Å². The van der Waals surface area contributed by atoms with E-state index in [0.29, 0.717) is 16.7 Å². The molecule has 1 unspecified atom stereocenters. The van der Waals surface area contributed by atoms with Gasteiger partial charge in [-0.2, -0.15) is 0 Å². The maximum atomic E-state index is 13.4. The van der Waals surface area contributed by atoms with Crippen molar-refractivity contribution in [1.29, 1.82) is 0 Å². The maximum absolute atomic E-state index is 13.4. The molecule has 0 bridgehead atoms. The van der Waals surface area contributed by atoms with Crippen molar-refractivity contribution in [1.82, 2.24) is 14.5 Å². The van der Waals surface area contributed by atoms with Crippen molar-refractivity contribution >= 4 is 22.5 Å². The van der Waals surface area contributed by atoms with Gasteiger partial charge in [0.2, 0.25) is 0 Å². The van der Waals surface area contributed by atoms with Crippen LogP contribution in [0.3, 0.4) is 0 Å². The SMILES string of the molecule is COCCN(C(=O)c1cccc([N+](=O)[O-])c1)C(C)c1nc2ccccc2c(=O)n1CCOC. The van der Waals surface area contributed by atoms with E-state index >= 15 is 0 Å². The molecule has 1 atom stereocenters. The van der Waals surface area contributed by atoms with Crippen molar-refractivity contribution in [2.24, 2.45) is 0 Å². The summed E-state index contributed by atoms with van der Waals surface area (Å²) in [5, 5.41) is 11.7. The number of para-hydroxylation sites is 1. The van der Waals surface area contributed by atoms with Crippen LogP contribution in [0.15, 0.2) is 53.3 Å². The fourth-order valence-electron chi connectivity index (χ4n) is 3.62. The molecule has 0 aliphatic heterocycles. The molecule has 1 heterocycles.